The molecule has 1 nitrogen and oxygen atoms in total. The lowest BCUT2D eigenvalue weighted by atomic mass is 9.97. The van der Waals surface area contributed by atoms with Gasteiger partial charge < -0.3 is 0 Å². The largest absolute Gasteiger partial charge is 0.259 e. The fourth-order valence-corrected chi connectivity index (χ4v) is 3.38. The molecule has 1 aliphatic carbocycles. The summed E-state index contributed by atoms with van der Waals surface area (Å²) in [6.07, 6.45) is 0. The van der Waals surface area contributed by atoms with Gasteiger partial charge in [-0.15, -0.1) is 69.6 Å². The molecule has 1 aliphatic rings. The number of nitrogens with one attached hydrogen (secondary N) is 1. The lowest BCUT2D eigenvalue weighted by Gasteiger charge is -2.37. The van der Waals surface area contributed by atoms with E-state index < -0.39 is 32.3 Å². The minimum atomic E-state index is -0.437. The second-order valence-corrected chi connectivity index (χ2v) is 5.87. The Morgan fingerprint density at radius 2 is 0.733 bits per heavy atom. The van der Waals surface area contributed by atoms with Crippen LogP contribution in [0.1, 0.15) is 0 Å². The van der Waals surface area contributed by atoms with E-state index >= 15 is 0 Å². The van der Waals surface area contributed by atoms with Crippen molar-refractivity contribution in [2.24, 2.45) is 0 Å². The van der Waals surface area contributed by atoms with E-state index in [2.05, 4.69) is 6.58 Å². The molecule has 1 fully saturated rings. The van der Waals surface area contributed by atoms with Gasteiger partial charge in [0.2, 0.25) is 0 Å². The lowest BCUT2D eigenvalue weighted by Crippen LogP contribution is -2.52. The Balaban J connectivity index is 0.000000583. The molecule has 0 saturated heterocycles. The Kier molecular flexibility index (Phi) is 8.10. The van der Waals surface area contributed by atoms with Crippen molar-refractivity contribution < 1.29 is 0 Å². The van der Waals surface area contributed by atoms with Crippen LogP contribution in [0.25, 0.3) is 0 Å². The maximum Gasteiger partial charge on any atom is 0.0693 e. The maximum absolute atomic E-state index is 5.88. The molecule has 1 rings (SSSR count). The van der Waals surface area contributed by atoms with Crippen molar-refractivity contribution in [3.05, 3.63) is 6.58 Å². The highest BCUT2D eigenvalue weighted by atomic mass is 35.5. The fourth-order valence-electron chi connectivity index (χ4n) is 1.05. The zero-order valence-corrected chi connectivity index (χ0v) is 12.0. The zero-order chi connectivity index (χ0) is 12.2. The van der Waals surface area contributed by atoms with Crippen LogP contribution in [-0.2, 0) is 0 Å². The van der Waals surface area contributed by atoms with Gasteiger partial charge in [0, 0.05) is 0 Å². The summed E-state index contributed by atoms with van der Waals surface area (Å²) in [5, 5.41) is 3.23. The van der Waals surface area contributed by atoms with Crippen LogP contribution < -0.4 is 0 Å². The van der Waals surface area contributed by atoms with Gasteiger partial charge in [-0.05, 0) is 12.4 Å². The molecule has 0 unspecified atom stereocenters. The second-order valence-electron chi connectivity index (χ2n) is 2.84. The molecule has 0 spiro atoms. The van der Waals surface area contributed by atoms with Crippen molar-refractivity contribution in [1.29, 1.82) is 5.41 Å². The van der Waals surface area contributed by atoms with Crippen LogP contribution in [0.3, 0.4) is 0 Å². The lowest BCUT2D eigenvalue weighted by molar-refractivity contribution is 0.544. The quantitative estimate of drug-likeness (QED) is 0.511. The third kappa shape index (κ3) is 4.16. The Labute approximate surface area is 119 Å². The number of hydrogen-bond acceptors (Lipinski definition) is 1. The van der Waals surface area contributed by atoms with E-state index in [9.17, 15) is 0 Å². The molecule has 0 amide bonds. The molecule has 0 aliphatic heterocycles. The third-order valence-electron chi connectivity index (χ3n) is 1.83. The van der Waals surface area contributed by atoms with Crippen LogP contribution in [0.4, 0.5) is 0 Å². The maximum atomic E-state index is 5.88. The molecule has 15 heavy (non-hydrogen) atoms. The summed E-state index contributed by atoms with van der Waals surface area (Å²) in [6, 6.07) is 0. The standard InChI is InChI=1S/C6H6Cl6.C2H3N/c7-1-2(8)4(10)6(12)5(11)3(1)9;1-2-3/h1-6H;3H,1H2/t1-,2-,3-,4+,5+,6+;. The Morgan fingerprint density at radius 1 is 0.667 bits per heavy atom. The molecule has 7 heteroatoms. The van der Waals surface area contributed by atoms with Crippen LogP contribution in [-0.4, -0.2) is 38.1 Å². The first-order valence-corrected chi connectivity index (χ1v) is 6.53. The van der Waals surface area contributed by atoms with E-state index in [-0.39, 0.29) is 0 Å². The highest BCUT2D eigenvalue weighted by Crippen LogP contribution is 2.39. The third-order valence-corrected chi connectivity index (χ3v) is 5.86. The summed E-state index contributed by atoms with van der Waals surface area (Å²) in [5.41, 5.74) is 0. The van der Waals surface area contributed by atoms with E-state index in [0.717, 1.165) is 0 Å². The SMILES string of the molecule is C=C=N.Cl[C@H]1[C@H](Cl)[C@@H](Cl)[C@@H](Cl)[C@H](Cl)[C@H]1Cl. The van der Waals surface area contributed by atoms with E-state index in [0.29, 0.717) is 0 Å². The molecule has 0 bridgehead atoms. The van der Waals surface area contributed by atoms with Crippen molar-refractivity contribution in [1.82, 2.24) is 0 Å². The molecular formula is C8H9Cl6N. The molecule has 0 heterocycles. The molecule has 0 radical (unpaired) electrons. The van der Waals surface area contributed by atoms with Gasteiger partial charge in [-0.2, -0.15) is 0 Å². The zero-order valence-electron chi connectivity index (χ0n) is 7.44. The molecule has 1 N–H and O–H groups in total. The Morgan fingerprint density at radius 3 is 0.800 bits per heavy atom. The monoisotopic (exact) mass is 329 g/mol. The summed E-state index contributed by atoms with van der Waals surface area (Å²) in [6.45, 7) is 2.90. The van der Waals surface area contributed by atoms with Crippen molar-refractivity contribution in [3.8, 4) is 0 Å². The molecule has 0 atom stereocenters. The number of rotatable bonds is 0. The minimum absolute atomic E-state index is 0.437. The van der Waals surface area contributed by atoms with Gasteiger partial charge in [0.05, 0.1) is 32.3 Å². The topological polar surface area (TPSA) is 23.9 Å². The summed E-state index contributed by atoms with van der Waals surface area (Å²) >= 11 is 35.3. The van der Waals surface area contributed by atoms with Crippen molar-refractivity contribution in [3.63, 3.8) is 0 Å². The predicted octanol–water partition coefficient (Wildman–Crippen LogP) is 4.07. The molecule has 0 aromatic heterocycles. The average Bonchev–Trinajstić information content (AvgIpc) is 2.22. The molecule has 88 valence electrons. The first-order chi connectivity index (χ1) is 6.88. The normalized spacial score (nSPS) is 44.9. The molecule has 1 saturated carbocycles. The fraction of sp³-hybridized carbons (Fsp3) is 0.750. The summed E-state index contributed by atoms with van der Waals surface area (Å²) in [4.78, 5) is 0. The van der Waals surface area contributed by atoms with Gasteiger partial charge in [0.25, 0.3) is 0 Å². The average molecular weight is 332 g/mol. The van der Waals surface area contributed by atoms with Crippen LogP contribution in [0.15, 0.2) is 6.58 Å². The van der Waals surface area contributed by atoms with Gasteiger partial charge in [0.1, 0.15) is 0 Å². The van der Waals surface area contributed by atoms with Crippen LogP contribution >= 0.6 is 69.6 Å². The summed E-state index contributed by atoms with van der Waals surface area (Å²) in [7, 11) is 0. The van der Waals surface area contributed by atoms with Crippen LogP contribution in [0, 0.1) is 5.41 Å². The minimum Gasteiger partial charge on any atom is -0.259 e. The van der Waals surface area contributed by atoms with Gasteiger partial charge in [-0.1, -0.05) is 0 Å². The van der Waals surface area contributed by atoms with E-state index in [1.165, 1.54) is 0 Å². The van der Waals surface area contributed by atoms with Gasteiger partial charge in [-0.25, -0.2) is 0 Å². The van der Waals surface area contributed by atoms with Gasteiger partial charge in [0.15, 0.2) is 0 Å². The van der Waals surface area contributed by atoms with E-state index in [1.807, 2.05) is 0 Å². The Hall–Kier alpha value is 1.19. The van der Waals surface area contributed by atoms with E-state index in [1.54, 1.807) is 5.87 Å². The highest BCUT2D eigenvalue weighted by molar-refractivity contribution is 6.45. The molecule has 0 aromatic rings. The number of alkyl halides is 6. The van der Waals surface area contributed by atoms with Crippen LogP contribution in [0.5, 0.6) is 0 Å². The number of halogens is 6. The summed E-state index contributed by atoms with van der Waals surface area (Å²) < 4.78 is 0. The first kappa shape index (κ1) is 16.2. The predicted molar refractivity (Wildman–Crippen MR) is 71.2 cm³/mol. The van der Waals surface area contributed by atoms with Gasteiger partial charge >= 0.3 is 0 Å². The summed E-state index contributed by atoms with van der Waals surface area (Å²) in [5.74, 6) is 1.75. The second kappa shape index (κ2) is 7.50. The van der Waals surface area contributed by atoms with Crippen LogP contribution in [0.2, 0.25) is 0 Å². The smallest absolute Gasteiger partial charge is 0.0693 e. The molecular weight excluding hydrogens is 323 g/mol. The van der Waals surface area contributed by atoms with Crippen molar-refractivity contribution in [2.75, 3.05) is 0 Å². The molecule has 0 aromatic carbocycles. The van der Waals surface area contributed by atoms with Crippen molar-refractivity contribution in [2.45, 2.75) is 32.3 Å². The van der Waals surface area contributed by atoms with Gasteiger partial charge in [-0.3, -0.25) is 5.41 Å². The highest BCUT2D eigenvalue weighted by Gasteiger charge is 2.46. The first-order valence-electron chi connectivity index (χ1n) is 3.91. The number of hydrogen-bond donors (Lipinski definition) is 1. The van der Waals surface area contributed by atoms with E-state index in [4.69, 9.17) is 75.0 Å². The Bertz CT molecular complexity index is 171. The van der Waals surface area contributed by atoms with Crippen molar-refractivity contribution >= 4 is 75.5 Å².